The van der Waals surface area contributed by atoms with Crippen LogP contribution >= 0.6 is 0 Å². The number of piperidine rings is 1. The highest BCUT2D eigenvalue weighted by Gasteiger charge is 2.31. The first-order chi connectivity index (χ1) is 13.0. The number of guanidine groups is 1. The Morgan fingerprint density at radius 1 is 1.22 bits per heavy atom. The van der Waals surface area contributed by atoms with Gasteiger partial charge in [0.2, 0.25) is 0 Å². The first kappa shape index (κ1) is 20.1. The van der Waals surface area contributed by atoms with Crippen LogP contribution in [0.1, 0.15) is 43.7 Å². The molecule has 0 spiro atoms. The Morgan fingerprint density at radius 3 is 2.59 bits per heavy atom. The summed E-state index contributed by atoms with van der Waals surface area (Å²) >= 11 is 0. The van der Waals surface area contributed by atoms with Gasteiger partial charge in [-0.3, -0.25) is 0 Å². The third kappa shape index (κ3) is 6.18. The third-order valence-electron chi connectivity index (χ3n) is 5.29. The van der Waals surface area contributed by atoms with Crippen molar-refractivity contribution in [2.45, 2.75) is 57.8 Å². The number of nitrogens with one attached hydrogen (secondary N) is 2. The molecular weight excluding hydrogens is 341 g/mol. The van der Waals surface area contributed by atoms with Crippen molar-refractivity contribution in [3.63, 3.8) is 0 Å². The van der Waals surface area contributed by atoms with Crippen LogP contribution in [0.4, 0.5) is 4.39 Å². The van der Waals surface area contributed by atoms with Crippen molar-refractivity contribution in [3.8, 4) is 0 Å². The van der Waals surface area contributed by atoms with E-state index in [4.69, 9.17) is 4.99 Å². The summed E-state index contributed by atoms with van der Waals surface area (Å²) in [4.78, 5) is 9.35. The summed E-state index contributed by atoms with van der Waals surface area (Å²) in [5.41, 5.74) is 1.76. The molecule has 0 amide bonds. The van der Waals surface area contributed by atoms with Crippen molar-refractivity contribution in [3.05, 3.63) is 35.1 Å². The summed E-state index contributed by atoms with van der Waals surface area (Å²) in [6.07, 6.45) is 5.11. The Bertz CT molecular complexity index is 633. The first-order valence-electron chi connectivity index (χ1n) is 10.3. The smallest absolute Gasteiger partial charge is 0.191 e. The number of nitrogens with zero attached hydrogens (tertiary/aromatic N) is 3. The molecule has 2 N–H and O–H groups in total. The van der Waals surface area contributed by atoms with Crippen molar-refractivity contribution in [2.24, 2.45) is 4.99 Å². The lowest BCUT2D eigenvalue weighted by atomic mass is 10.1. The SMILES string of the molecule is CCNC(=NCc1ccc(F)c(CN(C)C)c1)NC1CCN(C2CC2)CC1. The third-order valence-corrected chi connectivity index (χ3v) is 5.29. The standard InChI is InChI=1S/C21H34FN5/c1-4-23-21(25-18-9-11-27(12-10-18)19-6-7-19)24-14-16-5-8-20(22)17(13-16)15-26(2)3/h5,8,13,18-19H,4,6-7,9-12,14-15H2,1-3H3,(H2,23,24,25). The number of benzene rings is 1. The van der Waals surface area contributed by atoms with Gasteiger partial charge in [-0.15, -0.1) is 0 Å². The predicted octanol–water partition coefficient (Wildman–Crippen LogP) is 2.57. The summed E-state index contributed by atoms with van der Waals surface area (Å²) in [6, 6.07) is 6.65. The van der Waals surface area contributed by atoms with Crippen LogP contribution < -0.4 is 10.6 Å². The molecule has 1 saturated heterocycles. The zero-order chi connectivity index (χ0) is 19.2. The van der Waals surface area contributed by atoms with Crippen molar-refractivity contribution >= 4 is 5.96 Å². The van der Waals surface area contributed by atoms with Gasteiger partial charge in [0.05, 0.1) is 6.54 Å². The van der Waals surface area contributed by atoms with Gasteiger partial charge in [-0.25, -0.2) is 9.38 Å². The minimum Gasteiger partial charge on any atom is -0.357 e. The van der Waals surface area contributed by atoms with Gasteiger partial charge in [0, 0.05) is 43.8 Å². The number of halogens is 1. The van der Waals surface area contributed by atoms with Gasteiger partial charge in [0.15, 0.2) is 5.96 Å². The molecule has 1 aliphatic carbocycles. The van der Waals surface area contributed by atoms with Crippen LogP contribution in [-0.2, 0) is 13.1 Å². The van der Waals surface area contributed by atoms with E-state index in [-0.39, 0.29) is 5.82 Å². The van der Waals surface area contributed by atoms with E-state index in [0.29, 0.717) is 19.1 Å². The maximum atomic E-state index is 14.0. The van der Waals surface area contributed by atoms with Crippen LogP contribution in [0.15, 0.2) is 23.2 Å². The quantitative estimate of drug-likeness (QED) is 0.568. The summed E-state index contributed by atoms with van der Waals surface area (Å²) in [6.45, 7) is 6.45. The lowest BCUT2D eigenvalue weighted by Gasteiger charge is -2.33. The van der Waals surface area contributed by atoms with Gasteiger partial charge >= 0.3 is 0 Å². The molecule has 2 aliphatic rings. The van der Waals surface area contributed by atoms with E-state index in [1.807, 2.05) is 31.1 Å². The van der Waals surface area contributed by atoms with E-state index in [9.17, 15) is 4.39 Å². The Hall–Kier alpha value is -1.66. The zero-order valence-electron chi connectivity index (χ0n) is 17.0. The van der Waals surface area contributed by atoms with Gasteiger partial charge in [-0.2, -0.15) is 0 Å². The molecule has 1 aliphatic heterocycles. The van der Waals surface area contributed by atoms with Crippen molar-refractivity contribution in [1.82, 2.24) is 20.4 Å². The highest BCUT2D eigenvalue weighted by Crippen LogP contribution is 2.29. The molecule has 2 fully saturated rings. The molecule has 3 rings (SSSR count). The fraction of sp³-hybridized carbons (Fsp3) is 0.667. The average molecular weight is 376 g/mol. The van der Waals surface area contributed by atoms with Gasteiger partial charge in [-0.05, 0) is 64.4 Å². The summed E-state index contributed by atoms with van der Waals surface area (Å²) in [5.74, 6) is 0.713. The molecule has 0 radical (unpaired) electrons. The monoisotopic (exact) mass is 375 g/mol. The van der Waals surface area contributed by atoms with Crippen LogP contribution in [-0.4, -0.2) is 61.6 Å². The molecule has 5 nitrogen and oxygen atoms in total. The molecule has 1 aromatic rings. The molecule has 1 heterocycles. The molecule has 150 valence electrons. The summed E-state index contributed by atoms with van der Waals surface area (Å²) < 4.78 is 14.0. The number of hydrogen-bond donors (Lipinski definition) is 2. The van der Waals surface area contributed by atoms with E-state index >= 15 is 0 Å². The minimum absolute atomic E-state index is 0.149. The van der Waals surface area contributed by atoms with Crippen molar-refractivity contribution in [2.75, 3.05) is 33.7 Å². The van der Waals surface area contributed by atoms with E-state index < -0.39 is 0 Å². The first-order valence-corrected chi connectivity index (χ1v) is 10.3. The molecule has 6 heteroatoms. The maximum Gasteiger partial charge on any atom is 0.191 e. The summed E-state index contributed by atoms with van der Waals surface area (Å²) in [5, 5.41) is 6.94. The Balaban J connectivity index is 1.57. The molecule has 27 heavy (non-hydrogen) atoms. The van der Waals surface area contributed by atoms with E-state index in [2.05, 4.69) is 22.5 Å². The van der Waals surface area contributed by atoms with Crippen LogP contribution in [0.5, 0.6) is 0 Å². The van der Waals surface area contributed by atoms with Crippen molar-refractivity contribution in [1.29, 1.82) is 0 Å². The van der Waals surface area contributed by atoms with Crippen LogP contribution in [0.25, 0.3) is 0 Å². The minimum atomic E-state index is -0.149. The molecule has 0 unspecified atom stereocenters. The Labute approximate surface area is 163 Å². The second-order valence-corrected chi connectivity index (χ2v) is 8.04. The van der Waals surface area contributed by atoms with Crippen LogP contribution in [0, 0.1) is 5.82 Å². The molecular formula is C21H34FN5. The topological polar surface area (TPSA) is 42.9 Å². The lowest BCUT2D eigenvalue weighted by Crippen LogP contribution is -2.49. The van der Waals surface area contributed by atoms with Gasteiger partial charge in [-0.1, -0.05) is 6.07 Å². The van der Waals surface area contributed by atoms with Crippen molar-refractivity contribution < 1.29 is 4.39 Å². The van der Waals surface area contributed by atoms with E-state index in [0.717, 1.165) is 29.7 Å². The fourth-order valence-corrected chi connectivity index (χ4v) is 3.72. The molecule has 0 aromatic heterocycles. The second kappa shape index (κ2) is 9.51. The molecule has 0 bridgehead atoms. The Kier molecular flexibility index (Phi) is 7.07. The van der Waals surface area contributed by atoms with Gasteiger partial charge < -0.3 is 20.4 Å². The predicted molar refractivity (Wildman–Crippen MR) is 109 cm³/mol. The van der Waals surface area contributed by atoms with Gasteiger partial charge in [0.25, 0.3) is 0 Å². The van der Waals surface area contributed by atoms with Gasteiger partial charge in [0.1, 0.15) is 5.82 Å². The largest absolute Gasteiger partial charge is 0.357 e. The number of hydrogen-bond acceptors (Lipinski definition) is 3. The molecule has 1 saturated carbocycles. The maximum absolute atomic E-state index is 14.0. The highest BCUT2D eigenvalue weighted by atomic mass is 19.1. The number of aliphatic imine (C=N–C) groups is 1. The zero-order valence-corrected chi connectivity index (χ0v) is 17.0. The molecule has 0 atom stereocenters. The van der Waals surface area contributed by atoms with Crippen LogP contribution in [0.3, 0.4) is 0 Å². The summed E-state index contributed by atoms with van der Waals surface area (Å²) in [7, 11) is 3.90. The van der Waals surface area contributed by atoms with E-state index in [1.165, 1.54) is 38.8 Å². The van der Waals surface area contributed by atoms with E-state index in [1.54, 1.807) is 6.07 Å². The molecule has 1 aromatic carbocycles. The Morgan fingerprint density at radius 2 is 1.96 bits per heavy atom. The average Bonchev–Trinajstić information content (AvgIpc) is 3.48. The highest BCUT2D eigenvalue weighted by molar-refractivity contribution is 5.80. The number of likely N-dealkylation sites (tertiary alicyclic amines) is 1. The lowest BCUT2D eigenvalue weighted by molar-refractivity contribution is 0.197. The second-order valence-electron chi connectivity index (χ2n) is 8.04. The van der Waals surface area contributed by atoms with Crippen LogP contribution in [0.2, 0.25) is 0 Å². The number of rotatable bonds is 7. The normalized spacial score (nSPS) is 19.5. The fourth-order valence-electron chi connectivity index (χ4n) is 3.72.